The monoisotopic (exact) mass is 291 g/mol. The van der Waals surface area contributed by atoms with Crippen LogP contribution in [0.5, 0.6) is 0 Å². The maximum absolute atomic E-state index is 12.2. The lowest BCUT2D eigenvalue weighted by molar-refractivity contribution is 0.0695. The predicted molar refractivity (Wildman–Crippen MR) is 77.6 cm³/mol. The topological polar surface area (TPSA) is 59.3 Å². The van der Waals surface area contributed by atoms with Crippen LogP contribution in [0, 0.1) is 12.8 Å². The van der Waals surface area contributed by atoms with Crippen LogP contribution in [0.1, 0.15) is 28.8 Å². The van der Waals surface area contributed by atoms with E-state index in [1.165, 1.54) is 6.20 Å². The molecule has 0 radical (unpaired) electrons. The van der Waals surface area contributed by atoms with Crippen molar-refractivity contribution in [2.24, 2.45) is 5.92 Å². The number of carboxylic acid groups (broad SMARTS) is 1. The highest BCUT2D eigenvalue weighted by atomic mass is 35.5. The Morgan fingerprint density at radius 2 is 2.15 bits per heavy atom. The highest BCUT2D eigenvalue weighted by molar-refractivity contribution is 6.32. The molecule has 0 bridgehead atoms. The molecule has 1 heterocycles. The number of fused-ring (bicyclic) bond motifs is 1. The van der Waals surface area contributed by atoms with E-state index in [9.17, 15) is 14.7 Å². The Bertz CT molecular complexity index is 775. The highest BCUT2D eigenvalue weighted by Crippen LogP contribution is 2.33. The first-order valence-corrected chi connectivity index (χ1v) is 6.92. The Hall–Kier alpha value is -1.81. The fourth-order valence-electron chi connectivity index (χ4n) is 2.53. The quantitative estimate of drug-likeness (QED) is 0.945. The molecule has 0 unspecified atom stereocenters. The van der Waals surface area contributed by atoms with Crippen molar-refractivity contribution < 1.29 is 9.90 Å². The number of carboxylic acids is 1. The fraction of sp³-hybridized carbons (Fsp3) is 0.333. The first-order chi connectivity index (χ1) is 9.49. The van der Waals surface area contributed by atoms with Crippen LogP contribution in [-0.2, 0) is 6.54 Å². The summed E-state index contributed by atoms with van der Waals surface area (Å²) in [4.78, 5) is 23.5. The number of carbonyl (C=O) groups is 1. The molecule has 1 aliphatic carbocycles. The standard InChI is InChI=1S/C15H14ClNO3/c1-8-12(16)5-4-10-13(8)17(6-9-2-3-9)7-11(14(10)18)15(19)20/h4-5,7,9H,2-3,6H2,1H3,(H,19,20). The van der Waals surface area contributed by atoms with Gasteiger partial charge in [-0.25, -0.2) is 4.79 Å². The minimum Gasteiger partial charge on any atom is -0.477 e. The Labute approximate surface area is 120 Å². The van der Waals surface area contributed by atoms with E-state index in [1.54, 1.807) is 12.1 Å². The average molecular weight is 292 g/mol. The summed E-state index contributed by atoms with van der Waals surface area (Å²) in [7, 11) is 0. The highest BCUT2D eigenvalue weighted by Gasteiger charge is 2.24. The SMILES string of the molecule is Cc1c(Cl)ccc2c(=O)c(C(=O)O)cn(CC3CC3)c12. The Morgan fingerprint density at radius 3 is 2.75 bits per heavy atom. The summed E-state index contributed by atoms with van der Waals surface area (Å²) in [5.41, 5.74) is 0.942. The van der Waals surface area contributed by atoms with Gasteiger partial charge in [0.15, 0.2) is 0 Å². The maximum atomic E-state index is 12.2. The number of halogens is 1. The van der Waals surface area contributed by atoms with Crippen LogP contribution in [0.25, 0.3) is 10.9 Å². The van der Waals surface area contributed by atoms with Crippen molar-refractivity contribution >= 4 is 28.5 Å². The lowest BCUT2D eigenvalue weighted by atomic mass is 10.1. The molecular formula is C15H14ClNO3. The van der Waals surface area contributed by atoms with Gasteiger partial charge in [-0.3, -0.25) is 4.79 Å². The third-order valence-corrected chi connectivity index (χ3v) is 4.22. The smallest absolute Gasteiger partial charge is 0.341 e. The number of aryl methyl sites for hydroxylation is 1. The predicted octanol–water partition coefficient (Wildman–Crippen LogP) is 3.07. The Morgan fingerprint density at radius 1 is 1.45 bits per heavy atom. The van der Waals surface area contributed by atoms with Gasteiger partial charge < -0.3 is 9.67 Å². The van der Waals surface area contributed by atoms with E-state index < -0.39 is 11.4 Å². The molecule has 5 heteroatoms. The molecule has 0 atom stereocenters. The van der Waals surface area contributed by atoms with Crippen molar-refractivity contribution in [3.63, 3.8) is 0 Å². The summed E-state index contributed by atoms with van der Waals surface area (Å²) in [6, 6.07) is 3.26. The molecule has 3 rings (SSSR count). The van der Waals surface area contributed by atoms with Crippen molar-refractivity contribution in [2.45, 2.75) is 26.3 Å². The van der Waals surface area contributed by atoms with E-state index in [-0.39, 0.29) is 5.56 Å². The van der Waals surface area contributed by atoms with E-state index in [1.807, 2.05) is 11.5 Å². The van der Waals surface area contributed by atoms with Crippen molar-refractivity contribution in [1.29, 1.82) is 0 Å². The molecule has 0 saturated heterocycles. The van der Waals surface area contributed by atoms with E-state index in [2.05, 4.69) is 0 Å². The summed E-state index contributed by atoms with van der Waals surface area (Å²) in [5, 5.41) is 10.2. The minimum atomic E-state index is -1.19. The maximum Gasteiger partial charge on any atom is 0.341 e. The van der Waals surface area contributed by atoms with Crippen molar-refractivity contribution in [2.75, 3.05) is 0 Å². The molecule has 2 aromatic rings. The minimum absolute atomic E-state index is 0.181. The molecule has 20 heavy (non-hydrogen) atoms. The number of aromatic carboxylic acids is 1. The molecule has 0 spiro atoms. The summed E-state index contributed by atoms with van der Waals surface area (Å²) in [5.74, 6) is -0.616. The summed E-state index contributed by atoms with van der Waals surface area (Å²) in [6.07, 6.45) is 3.75. The first kappa shape index (κ1) is 13.2. The summed E-state index contributed by atoms with van der Waals surface area (Å²) < 4.78 is 1.87. The number of hydrogen-bond donors (Lipinski definition) is 1. The van der Waals surface area contributed by atoms with Crippen LogP contribution in [0.4, 0.5) is 0 Å². The van der Waals surface area contributed by atoms with Crippen LogP contribution in [0.15, 0.2) is 23.1 Å². The van der Waals surface area contributed by atoms with Gasteiger partial charge in [0.05, 0.1) is 5.52 Å². The average Bonchev–Trinajstić information content (AvgIpc) is 3.20. The van der Waals surface area contributed by atoms with Gasteiger partial charge in [0.25, 0.3) is 0 Å². The van der Waals surface area contributed by atoms with Crippen LogP contribution in [-0.4, -0.2) is 15.6 Å². The molecule has 104 valence electrons. The van der Waals surface area contributed by atoms with Gasteiger partial charge in [0.2, 0.25) is 5.43 Å². The van der Waals surface area contributed by atoms with Crippen molar-refractivity contribution in [1.82, 2.24) is 4.57 Å². The third-order valence-electron chi connectivity index (χ3n) is 3.81. The molecule has 0 amide bonds. The summed E-state index contributed by atoms with van der Waals surface area (Å²) in [6.45, 7) is 2.59. The second kappa shape index (κ2) is 4.63. The molecular weight excluding hydrogens is 278 g/mol. The van der Waals surface area contributed by atoms with Gasteiger partial charge in [-0.05, 0) is 43.4 Å². The lowest BCUT2D eigenvalue weighted by Gasteiger charge is -2.14. The summed E-state index contributed by atoms with van der Waals surface area (Å²) >= 11 is 6.13. The molecule has 0 aliphatic heterocycles. The molecule has 4 nitrogen and oxygen atoms in total. The van der Waals surface area contributed by atoms with Crippen LogP contribution in [0.3, 0.4) is 0 Å². The van der Waals surface area contributed by atoms with Crippen molar-refractivity contribution in [3.8, 4) is 0 Å². The molecule has 1 aromatic heterocycles. The largest absolute Gasteiger partial charge is 0.477 e. The van der Waals surface area contributed by atoms with Gasteiger partial charge in [-0.15, -0.1) is 0 Å². The fourth-order valence-corrected chi connectivity index (χ4v) is 2.68. The van der Waals surface area contributed by atoms with E-state index >= 15 is 0 Å². The molecule has 1 aromatic carbocycles. The molecule has 1 fully saturated rings. The van der Waals surface area contributed by atoms with Crippen LogP contribution in [0.2, 0.25) is 5.02 Å². The zero-order chi connectivity index (χ0) is 14.4. The van der Waals surface area contributed by atoms with Crippen LogP contribution < -0.4 is 5.43 Å². The lowest BCUT2D eigenvalue weighted by Crippen LogP contribution is -2.20. The van der Waals surface area contributed by atoms with E-state index in [4.69, 9.17) is 11.6 Å². The molecule has 1 saturated carbocycles. The first-order valence-electron chi connectivity index (χ1n) is 6.54. The van der Waals surface area contributed by atoms with Gasteiger partial charge in [-0.2, -0.15) is 0 Å². The van der Waals surface area contributed by atoms with Gasteiger partial charge in [0, 0.05) is 23.2 Å². The van der Waals surface area contributed by atoms with Gasteiger partial charge >= 0.3 is 5.97 Å². The van der Waals surface area contributed by atoms with E-state index in [0.717, 1.165) is 30.5 Å². The number of nitrogens with zero attached hydrogens (tertiary/aromatic N) is 1. The number of pyridine rings is 1. The van der Waals surface area contributed by atoms with E-state index in [0.29, 0.717) is 16.3 Å². The molecule has 1 N–H and O–H groups in total. The second-order valence-corrected chi connectivity index (χ2v) is 5.75. The molecule has 1 aliphatic rings. The zero-order valence-corrected chi connectivity index (χ0v) is 11.8. The Balaban J connectivity index is 2.37. The number of hydrogen-bond acceptors (Lipinski definition) is 2. The third kappa shape index (κ3) is 2.10. The van der Waals surface area contributed by atoms with Gasteiger partial charge in [0.1, 0.15) is 5.56 Å². The Kier molecular flexibility index (Phi) is 3.05. The van der Waals surface area contributed by atoms with Crippen LogP contribution >= 0.6 is 11.6 Å². The zero-order valence-electron chi connectivity index (χ0n) is 11.0. The number of aromatic nitrogens is 1. The second-order valence-electron chi connectivity index (χ2n) is 5.34. The van der Waals surface area contributed by atoms with Gasteiger partial charge in [-0.1, -0.05) is 11.6 Å². The van der Waals surface area contributed by atoms with Crippen molar-refractivity contribution in [3.05, 3.63) is 44.7 Å². The number of benzene rings is 1. The normalized spacial score (nSPS) is 14.7. The number of rotatable bonds is 3.